The summed E-state index contributed by atoms with van der Waals surface area (Å²) < 4.78 is 0. The fourth-order valence-corrected chi connectivity index (χ4v) is 1.96. The number of hydrogen-bond donors (Lipinski definition) is 3. The van der Waals surface area contributed by atoms with Gasteiger partial charge < -0.3 is 16.2 Å². The predicted octanol–water partition coefficient (Wildman–Crippen LogP) is 2.39. The second-order valence-corrected chi connectivity index (χ2v) is 4.76. The van der Waals surface area contributed by atoms with Gasteiger partial charge in [0.15, 0.2) is 0 Å². The Hall–Kier alpha value is -2.04. The van der Waals surface area contributed by atoms with Crippen molar-refractivity contribution in [2.24, 2.45) is 0 Å². The van der Waals surface area contributed by atoms with Crippen molar-refractivity contribution in [3.63, 3.8) is 0 Å². The number of nitrogen functional groups attached to an aromatic ring is 1. The van der Waals surface area contributed by atoms with E-state index in [0.29, 0.717) is 16.3 Å². The Bertz CT molecular complexity index is 602. The summed E-state index contributed by atoms with van der Waals surface area (Å²) in [6, 6.07) is 13.5. The molecule has 0 fully saturated rings. The number of anilines is 1. The first-order valence-corrected chi connectivity index (χ1v) is 6.51. The molecule has 20 heavy (non-hydrogen) atoms. The Morgan fingerprint density at radius 3 is 2.55 bits per heavy atom. The van der Waals surface area contributed by atoms with Crippen molar-refractivity contribution >= 4 is 23.2 Å². The largest absolute Gasteiger partial charge is 0.398 e. The van der Waals surface area contributed by atoms with Crippen LogP contribution in [0, 0.1) is 0 Å². The summed E-state index contributed by atoms with van der Waals surface area (Å²) in [4.78, 5) is 12.1. The zero-order valence-electron chi connectivity index (χ0n) is 10.7. The van der Waals surface area contributed by atoms with E-state index in [2.05, 4.69) is 5.32 Å². The average molecular weight is 291 g/mol. The molecule has 0 aliphatic carbocycles. The van der Waals surface area contributed by atoms with Crippen molar-refractivity contribution in [2.75, 3.05) is 12.3 Å². The van der Waals surface area contributed by atoms with Crippen molar-refractivity contribution in [3.8, 4) is 0 Å². The van der Waals surface area contributed by atoms with Crippen LogP contribution in [0.25, 0.3) is 0 Å². The highest BCUT2D eigenvalue weighted by molar-refractivity contribution is 6.33. The van der Waals surface area contributed by atoms with Gasteiger partial charge in [-0.05, 0) is 23.8 Å². The third kappa shape index (κ3) is 3.29. The number of aliphatic hydroxyl groups excluding tert-OH is 1. The summed E-state index contributed by atoms with van der Waals surface area (Å²) >= 11 is 5.82. The Balaban J connectivity index is 2.15. The third-order valence-corrected chi connectivity index (χ3v) is 3.29. The minimum atomic E-state index is -0.458. The van der Waals surface area contributed by atoms with E-state index in [0.717, 1.165) is 5.56 Å². The van der Waals surface area contributed by atoms with Crippen LogP contribution in [0.1, 0.15) is 22.0 Å². The number of aliphatic hydroxyl groups is 1. The molecular formula is C15H15ClN2O2. The summed E-state index contributed by atoms with van der Waals surface area (Å²) in [5.74, 6) is -0.309. The quantitative estimate of drug-likeness (QED) is 0.757. The number of hydrogen-bond acceptors (Lipinski definition) is 3. The summed E-state index contributed by atoms with van der Waals surface area (Å²) in [7, 11) is 0. The molecule has 0 spiro atoms. The summed E-state index contributed by atoms with van der Waals surface area (Å²) in [6.07, 6.45) is 0. The van der Waals surface area contributed by atoms with E-state index in [1.54, 1.807) is 12.1 Å². The minimum Gasteiger partial charge on any atom is -0.398 e. The molecule has 104 valence electrons. The maximum Gasteiger partial charge on any atom is 0.251 e. The topological polar surface area (TPSA) is 75.4 Å². The number of carbonyl (C=O) groups is 1. The Kier molecular flexibility index (Phi) is 4.61. The van der Waals surface area contributed by atoms with Crippen LogP contribution in [-0.4, -0.2) is 17.6 Å². The molecule has 0 heterocycles. The van der Waals surface area contributed by atoms with Crippen molar-refractivity contribution in [1.29, 1.82) is 0 Å². The van der Waals surface area contributed by atoms with Gasteiger partial charge in [0.25, 0.3) is 5.91 Å². The van der Waals surface area contributed by atoms with Crippen LogP contribution in [0.15, 0.2) is 48.5 Å². The Morgan fingerprint density at radius 2 is 1.95 bits per heavy atom. The van der Waals surface area contributed by atoms with Gasteiger partial charge in [-0.2, -0.15) is 0 Å². The van der Waals surface area contributed by atoms with Gasteiger partial charge in [0.1, 0.15) is 0 Å². The van der Waals surface area contributed by atoms with Gasteiger partial charge in [-0.15, -0.1) is 0 Å². The fraction of sp³-hybridized carbons (Fsp3) is 0.133. The van der Waals surface area contributed by atoms with Gasteiger partial charge in [0, 0.05) is 5.56 Å². The molecule has 2 rings (SSSR count). The van der Waals surface area contributed by atoms with Crippen molar-refractivity contribution < 1.29 is 9.90 Å². The predicted molar refractivity (Wildman–Crippen MR) is 79.6 cm³/mol. The molecule has 0 saturated carbocycles. The van der Waals surface area contributed by atoms with E-state index in [-0.39, 0.29) is 12.5 Å². The van der Waals surface area contributed by atoms with E-state index in [4.69, 9.17) is 17.3 Å². The van der Waals surface area contributed by atoms with Crippen LogP contribution in [0.3, 0.4) is 0 Å². The third-order valence-electron chi connectivity index (χ3n) is 2.95. The lowest BCUT2D eigenvalue weighted by molar-refractivity contribution is 0.0916. The summed E-state index contributed by atoms with van der Waals surface area (Å²) in [5.41, 5.74) is 7.26. The molecule has 0 aromatic heterocycles. The SMILES string of the molecule is Nc1cc(C(=O)N[C@H](CO)c2ccccc2)ccc1Cl. The van der Waals surface area contributed by atoms with Gasteiger partial charge in [0.05, 0.1) is 23.4 Å². The van der Waals surface area contributed by atoms with Gasteiger partial charge in [-0.25, -0.2) is 0 Å². The standard InChI is InChI=1S/C15H15ClN2O2/c16-12-7-6-11(8-13(12)17)15(20)18-14(9-19)10-4-2-1-3-5-10/h1-8,14,19H,9,17H2,(H,18,20)/t14-/m1/s1. The first-order chi connectivity index (χ1) is 9.61. The van der Waals surface area contributed by atoms with Crippen molar-refractivity contribution in [1.82, 2.24) is 5.32 Å². The van der Waals surface area contributed by atoms with Gasteiger partial charge in [-0.1, -0.05) is 41.9 Å². The molecule has 1 amide bonds. The molecule has 1 atom stereocenters. The molecule has 0 bridgehead atoms. The molecule has 0 aliphatic rings. The fourth-order valence-electron chi connectivity index (χ4n) is 1.85. The highest BCUT2D eigenvalue weighted by atomic mass is 35.5. The molecule has 0 unspecified atom stereocenters. The molecule has 4 N–H and O–H groups in total. The number of rotatable bonds is 4. The molecule has 4 nitrogen and oxygen atoms in total. The second kappa shape index (κ2) is 6.41. The monoisotopic (exact) mass is 290 g/mol. The number of nitrogens with two attached hydrogens (primary N) is 1. The molecule has 2 aromatic carbocycles. The minimum absolute atomic E-state index is 0.182. The van der Waals surface area contributed by atoms with Crippen LogP contribution in [0.2, 0.25) is 5.02 Å². The Morgan fingerprint density at radius 1 is 1.25 bits per heavy atom. The smallest absolute Gasteiger partial charge is 0.251 e. The average Bonchev–Trinajstić information content (AvgIpc) is 2.48. The van der Waals surface area contributed by atoms with Crippen LogP contribution < -0.4 is 11.1 Å². The zero-order valence-corrected chi connectivity index (χ0v) is 11.5. The first kappa shape index (κ1) is 14.4. The van der Waals surface area contributed by atoms with E-state index in [1.807, 2.05) is 30.3 Å². The molecule has 0 saturated heterocycles. The zero-order chi connectivity index (χ0) is 14.5. The highest BCUT2D eigenvalue weighted by Gasteiger charge is 2.15. The first-order valence-electron chi connectivity index (χ1n) is 6.13. The van der Waals surface area contributed by atoms with Gasteiger partial charge in [-0.3, -0.25) is 4.79 Å². The number of amides is 1. The van der Waals surface area contributed by atoms with Crippen LogP contribution in [0.4, 0.5) is 5.69 Å². The molecule has 0 radical (unpaired) electrons. The maximum atomic E-state index is 12.1. The molecule has 2 aromatic rings. The lowest BCUT2D eigenvalue weighted by Crippen LogP contribution is -2.30. The number of nitrogens with one attached hydrogen (secondary N) is 1. The normalized spacial score (nSPS) is 11.9. The molecule has 0 aliphatic heterocycles. The molecular weight excluding hydrogens is 276 g/mol. The van der Waals surface area contributed by atoms with E-state index < -0.39 is 6.04 Å². The van der Waals surface area contributed by atoms with Crippen LogP contribution >= 0.6 is 11.6 Å². The van der Waals surface area contributed by atoms with Crippen molar-refractivity contribution in [3.05, 3.63) is 64.7 Å². The summed E-state index contributed by atoms with van der Waals surface area (Å²) in [6.45, 7) is -0.182. The number of halogens is 1. The van der Waals surface area contributed by atoms with E-state index >= 15 is 0 Å². The number of carbonyl (C=O) groups excluding carboxylic acids is 1. The summed E-state index contributed by atoms with van der Waals surface area (Å²) in [5, 5.41) is 12.6. The van der Waals surface area contributed by atoms with Gasteiger partial charge >= 0.3 is 0 Å². The van der Waals surface area contributed by atoms with E-state index in [9.17, 15) is 9.90 Å². The van der Waals surface area contributed by atoms with Crippen LogP contribution in [-0.2, 0) is 0 Å². The maximum absolute atomic E-state index is 12.1. The number of benzene rings is 2. The lowest BCUT2D eigenvalue weighted by Gasteiger charge is -2.17. The second-order valence-electron chi connectivity index (χ2n) is 4.36. The van der Waals surface area contributed by atoms with E-state index in [1.165, 1.54) is 6.07 Å². The van der Waals surface area contributed by atoms with Crippen molar-refractivity contribution in [2.45, 2.75) is 6.04 Å². The van der Waals surface area contributed by atoms with Crippen LogP contribution in [0.5, 0.6) is 0 Å². The lowest BCUT2D eigenvalue weighted by atomic mass is 10.1. The van der Waals surface area contributed by atoms with Gasteiger partial charge in [0.2, 0.25) is 0 Å². The molecule has 5 heteroatoms. The Labute approximate surface area is 122 Å². The highest BCUT2D eigenvalue weighted by Crippen LogP contribution is 2.20.